The number of carbonyl (C=O) groups excluding carboxylic acids is 1. The van der Waals surface area contributed by atoms with Crippen molar-refractivity contribution in [3.05, 3.63) is 48.0 Å². The van der Waals surface area contributed by atoms with Gasteiger partial charge < -0.3 is 24.8 Å². The molecule has 0 aromatic heterocycles. The highest BCUT2D eigenvalue weighted by molar-refractivity contribution is 5.89. The molecule has 0 heterocycles. The van der Waals surface area contributed by atoms with Crippen LogP contribution < -0.4 is 24.8 Å². The van der Waals surface area contributed by atoms with Gasteiger partial charge in [0.05, 0.1) is 14.2 Å². The van der Waals surface area contributed by atoms with Gasteiger partial charge in [-0.05, 0) is 42.0 Å². The van der Waals surface area contributed by atoms with Crippen molar-refractivity contribution in [2.75, 3.05) is 19.5 Å². The Balaban J connectivity index is 1.91. The molecule has 0 atom stereocenters. The van der Waals surface area contributed by atoms with Crippen molar-refractivity contribution < 1.29 is 32.2 Å². The highest BCUT2D eigenvalue weighted by Crippen LogP contribution is 2.24. The molecule has 0 saturated carbocycles. The smallest absolute Gasteiger partial charge is 0.497 e. The number of anilines is 1. The molecular formula is C17H17F3N2O4. The highest BCUT2D eigenvalue weighted by Gasteiger charge is 2.30. The molecule has 140 valence electrons. The van der Waals surface area contributed by atoms with Gasteiger partial charge in [-0.15, -0.1) is 13.2 Å². The van der Waals surface area contributed by atoms with E-state index < -0.39 is 12.4 Å². The second-order valence-electron chi connectivity index (χ2n) is 5.10. The molecule has 2 amide bonds. The van der Waals surface area contributed by atoms with Crippen molar-refractivity contribution >= 4 is 11.7 Å². The number of halogens is 3. The summed E-state index contributed by atoms with van der Waals surface area (Å²) in [5.41, 5.74) is 1.07. The molecule has 0 aliphatic rings. The number of benzene rings is 2. The third-order valence-electron chi connectivity index (χ3n) is 3.21. The SMILES string of the molecule is COc1cc(CNC(=O)Nc2ccc(OC(F)(F)F)cc2)cc(OC)c1. The first-order valence-electron chi connectivity index (χ1n) is 7.41. The van der Waals surface area contributed by atoms with Crippen LogP contribution in [0.3, 0.4) is 0 Å². The van der Waals surface area contributed by atoms with Crippen LogP contribution in [0.25, 0.3) is 0 Å². The molecule has 0 saturated heterocycles. The summed E-state index contributed by atoms with van der Waals surface area (Å²) in [6.07, 6.45) is -4.76. The molecule has 0 aliphatic carbocycles. The molecule has 0 spiro atoms. The van der Waals surface area contributed by atoms with Crippen LogP contribution in [0.2, 0.25) is 0 Å². The second kappa shape index (κ2) is 8.32. The zero-order valence-electron chi connectivity index (χ0n) is 14.0. The van der Waals surface area contributed by atoms with Crippen molar-refractivity contribution in [2.24, 2.45) is 0 Å². The van der Waals surface area contributed by atoms with Crippen LogP contribution in [-0.2, 0) is 6.54 Å². The summed E-state index contributed by atoms with van der Waals surface area (Å²) < 4.78 is 50.4. The molecule has 0 unspecified atom stereocenters. The van der Waals surface area contributed by atoms with Gasteiger partial charge in [-0.2, -0.15) is 0 Å². The number of hydrogen-bond acceptors (Lipinski definition) is 4. The Morgan fingerprint density at radius 3 is 2.04 bits per heavy atom. The first-order chi connectivity index (χ1) is 12.3. The summed E-state index contributed by atoms with van der Waals surface area (Å²) in [5, 5.41) is 5.14. The molecule has 2 N–H and O–H groups in total. The lowest BCUT2D eigenvalue weighted by atomic mass is 10.2. The summed E-state index contributed by atoms with van der Waals surface area (Å²) >= 11 is 0. The number of nitrogens with one attached hydrogen (secondary N) is 2. The predicted molar refractivity (Wildman–Crippen MR) is 88.5 cm³/mol. The van der Waals surface area contributed by atoms with E-state index in [-0.39, 0.29) is 12.3 Å². The van der Waals surface area contributed by atoms with Crippen molar-refractivity contribution in [3.63, 3.8) is 0 Å². The van der Waals surface area contributed by atoms with E-state index >= 15 is 0 Å². The van der Waals surface area contributed by atoms with Gasteiger partial charge in [-0.1, -0.05) is 0 Å². The average Bonchev–Trinajstić information content (AvgIpc) is 2.60. The molecule has 9 heteroatoms. The lowest BCUT2D eigenvalue weighted by Gasteiger charge is -2.11. The monoisotopic (exact) mass is 370 g/mol. The number of ether oxygens (including phenoxy) is 3. The van der Waals surface area contributed by atoms with E-state index in [1.165, 1.54) is 26.4 Å². The molecule has 2 aromatic rings. The van der Waals surface area contributed by atoms with Crippen LogP contribution in [0.1, 0.15) is 5.56 Å². The summed E-state index contributed by atoms with van der Waals surface area (Å²) in [6.45, 7) is 0.203. The molecular weight excluding hydrogens is 353 g/mol. The fourth-order valence-electron chi connectivity index (χ4n) is 2.07. The lowest BCUT2D eigenvalue weighted by molar-refractivity contribution is -0.274. The Labute approximate surface area is 147 Å². The van der Waals surface area contributed by atoms with Gasteiger partial charge in [0.15, 0.2) is 0 Å². The lowest BCUT2D eigenvalue weighted by Crippen LogP contribution is -2.28. The van der Waals surface area contributed by atoms with Crippen molar-refractivity contribution in [1.82, 2.24) is 5.32 Å². The summed E-state index contributed by atoms with van der Waals surface area (Å²) in [7, 11) is 3.04. The summed E-state index contributed by atoms with van der Waals surface area (Å²) in [5.74, 6) is 0.801. The normalized spacial score (nSPS) is 10.8. The van der Waals surface area contributed by atoms with Crippen LogP contribution in [0.5, 0.6) is 17.2 Å². The van der Waals surface area contributed by atoms with Gasteiger partial charge in [0.1, 0.15) is 17.2 Å². The number of amides is 2. The van der Waals surface area contributed by atoms with E-state index in [2.05, 4.69) is 15.4 Å². The number of rotatable bonds is 6. The minimum Gasteiger partial charge on any atom is -0.497 e. The van der Waals surface area contributed by atoms with Gasteiger partial charge in [0.2, 0.25) is 0 Å². The Morgan fingerprint density at radius 1 is 0.962 bits per heavy atom. The third kappa shape index (κ3) is 6.08. The quantitative estimate of drug-likeness (QED) is 0.809. The number of urea groups is 1. The van der Waals surface area contributed by atoms with E-state index in [4.69, 9.17) is 9.47 Å². The molecule has 0 aliphatic heterocycles. The van der Waals surface area contributed by atoms with E-state index in [1.54, 1.807) is 18.2 Å². The number of methoxy groups -OCH3 is 2. The minimum atomic E-state index is -4.76. The van der Waals surface area contributed by atoms with Crippen molar-refractivity contribution in [2.45, 2.75) is 12.9 Å². The second-order valence-corrected chi connectivity index (χ2v) is 5.10. The van der Waals surface area contributed by atoms with E-state index in [1.807, 2.05) is 0 Å². The van der Waals surface area contributed by atoms with Crippen LogP contribution in [0.15, 0.2) is 42.5 Å². The Morgan fingerprint density at radius 2 is 1.54 bits per heavy atom. The molecule has 26 heavy (non-hydrogen) atoms. The molecule has 0 bridgehead atoms. The Kier molecular flexibility index (Phi) is 6.16. The van der Waals surface area contributed by atoms with E-state index in [9.17, 15) is 18.0 Å². The van der Waals surface area contributed by atoms with Crippen molar-refractivity contribution in [1.29, 1.82) is 0 Å². The van der Waals surface area contributed by atoms with Crippen LogP contribution in [0.4, 0.5) is 23.7 Å². The van der Waals surface area contributed by atoms with Crippen LogP contribution >= 0.6 is 0 Å². The Bertz CT molecular complexity index is 726. The first kappa shape index (κ1) is 19.2. The molecule has 2 rings (SSSR count). The van der Waals surface area contributed by atoms with Gasteiger partial charge >= 0.3 is 12.4 Å². The first-order valence-corrected chi connectivity index (χ1v) is 7.41. The van der Waals surface area contributed by atoms with E-state index in [0.717, 1.165) is 17.7 Å². The molecule has 2 aromatic carbocycles. The predicted octanol–water partition coefficient (Wildman–Crippen LogP) is 3.92. The maximum absolute atomic E-state index is 12.1. The van der Waals surface area contributed by atoms with Gasteiger partial charge in [0, 0.05) is 18.3 Å². The summed E-state index contributed by atoms with van der Waals surface area (Å²) in [6, 6.07) is 9.49. The molecule has 0 radical (unpaired) electrons. The van der Waals surface area contributed by atoms with Gasteiger partial charge in [-0.3, -0.25) is 0 Å². The fourth-order valence-corrected chi connectivity index (χ4v) is 2.07. The number of alkyl halides is 3. The number of carbonyl (C=O) groups is 1. The standard InChI is InChI=1S/C17H17F3N2O4/c1-24-14-7-11(8-15(9-14)25-2)10-21-16(23)22-12-3-5-13(6-4-12)26-17(18,19)20/h3-9H,10H2,1-2H3,(H2,21,22,23). The van der Waals surface area contributed by atoms with Crippen LogP contribution in [0, 0.1) is 0 Å². The van der Waals surface area contributed by atoms with Crippen molar-refractivity contribution in [3.8, 4) is 17.2 Å². The zero-order chi connectivity index (χ0) is 19.2. The number of hydrogen-bond donors (Lipinski definition) is 2. The van der Waals surface area contributed by atoms with Gasteiger partial charge in [0.25, 0.3) is 0 Å². The summed E-state index contributed by atoms with van der Waals surface area (Å²) in [4.78, 5) is 11.9. The zero-order valence-corrected chi connectivity index (χ0v) is 14.0. The molecule has 0 fully saturated rings. The average molecular weight is 370 g/mol. The Hall–Kier alpha value is -3.10. The highest BCUT2D eigenvalue weighted by atomic mass is 19.4. The largest absolute Gasteiger partial charge is 0.573 e. The maximum Gasteiger partial charge on any atom is 0.573 e. The third-order valence-corrected chi connectivity index (χ3v) is 3.21. The minimum absolute atomic E-state index is 0.203. The molecule has 6 nitrogen and oxygen atoms in total. The van der Waals surface area contributed by atoms with E-state index in [0.29, 0.717) is 17.2 Å². The van der Waals surface area contributed by atoms with Crippen LogP contribution in [-0.4, -0.2) is 26.6 Å². The van der Waals surface area contributed by atoms with Gasteiger partial charge in [-0.25, -0.2) is 4.79 Å². The topological polar surface area (TPSA) is 68.8 Å². The maximum atomic E-state index is 12.1. The fraction of sp³-hybridized carbons (Fsp3) is 0.235.